The van der Waals surface area contributed by atoms with Gasteiger partial charge in [0.05, 0.1) is 23.9 Å². The van der Waals surface area contributed by atoms with E-state index >= 15 is 0 Å². The zero-order chi connectivity index (χ0) is 14.6. The molecule has 0 radical (unpaired) electrons. The first kappa shape index (κ1) is 15.2. The number of hydrogen-bond acceptors (Lipinski definition) is 5. The minimum Gasteiger partial charge on any atom is -0.379 e. The van der Waals surface area contributed by atoms with Crippen molar-refractivity contribution in [3.63, 3.8) is 0 Å². The predicted molar refractivity (Wildman–Crippen MR) is 75.8 cm³/mol. The SMILES string of the molecule is CC(=O)c1ccc(S(=O)(=O)CCN2CCOCC2)cc1. The van der Waals surface area contributed by atoms with Crippen LogP contribution in [0.15, 0.2) is 29.2 Å². The van der Waals surface area contributed by atoms with Crippen LogP contribution in [-0.2, 0) is 14.6 Å². The van der Waals surface area contributed by atoms with E-state index in [1.807, 2.05) is 0 Å². The Morgan fingerprint density at radius 2 is 1.80 bits per heavy atom. The fourth-order valence-electron chi connectivity index (χ4n) is 2.09. The molecule has 0 bridgehead atoms. The average molecular weight is 297 g/mol. The van der Waals surface area contributed by atoms with E-state index < -0.39 is 9.84 Å². The molecule has 1 saturated heterocycles. The van der Waals surface area contributed by atoms with Crippen LogP contribution in [-0.4, -0.2) is 57.7 Å². The molecular weight excluding hydrogens is 278 g/mol. The van der Waals surface area contributed by atoms with Gasteiger partial charge in [0.1, 0.15) is 0 Å². The summed E-state index contributed by atoms with van der Waals surface area (Å²) >= 11 is 0. The van der Waals surface area contributed by atoms with E-state index in [9.17, 15) is 13.2 Å². The zero-order valence-electron chi connectivity index (χ0n) is 11.5. The van der Waals surface area contributed by atoms with Crippen LogP contribution in [0.25, 0.3) is 0 Å². The summed E-state index contributed by atoms with van der Waals surface area (Å²) in [5.41, 5.74) is 0.525. The fraction of sp³-hybridized carbons (Fsp3) is 0.500. The van der Waals surface area contributed by atoms with E-state index in [0.29, 0.717) is 25.3 Å². The highest BCUT2D eigenvalue weighted by Crippen LogP contribution is 2.13. The summed E-state index contributed by atoms with van der Waals surface area (Å²) in [6.45, 7) is 4.85. The van der Waals surface area contributed by atoms with Crippen LogP contribution in [0, 0.1) is 0 Å². The van der Waals surface area contributed by atoms with Gasteiger partial charge in [0.15, 0.2) is 15.6 Å². The second-order valence-corrected chi connectivity index (χ2v) is 6.96. The summed E-state index contributed by atoms with van der Waals surface area (Å²) in [4.78, 5) is 13.5. The van der Waals surface area contributed by atoms with Gasteiger partial charge in [-0.25, -0.2) is 8.42 Å². The van der Waals surface area contributed by atoms with E-state index in [1.165, 1.54) is 19.1 Å². The maximum absolute atomic E-state index is 12.2. The number of Topliss-reactive ketones (excluding diaryl/α,β-unsaturated/α-hetero) is 1. The number of sulfone groups is 1. The summed E-state index contributed by atoms with van der Waals surface area (Å²) in [7, 11) is -3.30. The lowest BCUT2D eigenvalue weighted by atomic mass is 10.2. The van der Waals surface area contributed by atoms with Crippen molar-refractivity contribution in [3.8, 4) is 0 Å². The molecule has 0 unspecified atom stereocenters. The molecule has 0 N–H and O–H groups in total. The smallest absolute Gasteiger partial charge is 0.179 e. The predicted octanol–water partition coefficient (Wildman–Crippen LogP) is 0.995. The van der Waals surface area contributed by atoms with Crippen LogP contribution >= 0.6 is 0 Å². The molecule has 1 fully saturated rings. The molecule has 2 rings (SSSR count). The Kier molecular flexibility index (Phi) is 4.91. The summed E-state index contributed by atoms with van der Waals surface area (Å²) in [5, 5.41) is 0. The van der Waals surface area contributed by atoms with Crippen molar-refractivity contribution in [1.82, 2.24) is 4.90 Å². The molecule has 1 aliphatic rings. The Morgan fingerprint density at radius 1 is 1.20 bits per heavy atom. The Balaban J connectivity index is 2.00. The van der Waals surface area contributed by atoms with E-state index in [-0.39, 0.29) is 16.4 Å². The maximum Gasteiger partial charge on any atom is 0.179 e. The second kappa shape index (κ2) is 6.47. The molecule has 6 heteroatoms. The Morgan fingerprint density at radius 3 is 2.35 bits per heavy atom. The summed E-state index contributed by atoms with van der Waals surface area (Å²) < 4.78 is 29.7. The molecule has 20 heavy (non-hydrogen) atoms. The zero-order valence-corrected chi connectivity index (χ0v) is 12.4. The third-order valence-corrected chi connectivity index (χ3v) is 5.11. The standard InChI is InChI=1S/C14H19NO4S/c1-12(16)13-2-4-14(5-3-13)20(17,18)11-8-15-6-9-19-10-7-15/h2-5H,6-11H2,1H3. The number of morpholine rings is 1. The van der Waals surface area contributed by atoms with Crippen LogP contribution in [0.4, 0.5) is 0 Å². The van der Waals surface area contributed by atoms with Crippen molar-refractivity contribution in [3.05, 3.63) is 29.8 Å². The van der Waals surface area contributed by atoms with Gasteiger partial charge in [-0.3, -0.25) is 9.69 Å². The van der Waals surface area contributed by atoms with Gasteiger partial charge in [-0.05, 0) is 19.1 Å². The highest BCUT2D eigenvalue weighted by molar-refractivity contribution is 7.91. The Hall–Kier alpha value is -1.24. The summed E-state index contributed by atoms with van der Waals surface area (Å²) in [5.74, 6) is 0.0224. The van der Waals surface area contributed by atoms with Crippen LogP contribution in [0.5, 0.6) is 0 Å². The monoisotopic (exact) mass is 297 g/mol. The lowest BCUT2D eigenvalue weighted by Crippen LogP contribution is -2.39. The van der Waals surface area contributed by atoms with Crippen molar-refractivity contribution in [2.75, 3.05) is 38.6 Å². The molecule has 110 valence electrons. The number of carbonyl (C=O) groups is 1. The molecule has 0 saturated carbocycles. The normalized spacial score (nSPS) is 17.1. The molecule has 1 aromatic carbocycles. The van der Waals surface area contributed by atoms with Crippen LogP contribution in [0.1, 0.15) is 17.3 Å². The van der Waals surface area contributed by atoms with Crippen molar-refractivity contribution in [1.29, 1.82) is 0 Å². The van der Waals surface area contributed by atoms with Crippen LogP contribution < -0.4 is 0 Å². The minimum absolute atomic E-state index is 0.0673. The topological polar surface area (TPSA) is 63.7 Å². The molecule has 0 amide bonds. The average Bonchev–Trinajstić information content (AvgIpc) is 2.46. The molecule has 1 heterocycles. The van der Waals surface area contributed by atoms with E-state index in [4.69, 9.17) is 4.74 Å². The number of benzene rings is 1. The number of ether oxygens (including phenoxy) is 1. The van der Waals surface area contributed by atoms with Crippen LogP contribution in [0.3, 0.4) is 0 Å². The number of nitrogens with zero attached hydrogens (tertiary/aromatic N) is 1. The van der Waals surface area contributed by atoms with Crippen molar-refractivity contribution in [2.24, 2.45) is 0 Å². The fourth-order valence-corrected chi connectivity index (χ4v) is 3.37. The largest absolute Gasteiger partial charge is 0.379 e. The lowest BCUT2D eigenvalue weighted by molar-refractivity contribution is 0.0408. The molecule has 1 aliphatic heterocycles. The Labute approximate surface area is 119 Å². The second-order valence-electron chi connectivity index (χ2n) is 4.85. The summed E-state index contributed by atoms with van der Waals surface area (Å²) in [6.07, 6.45) is 0. The summed E-state index contributed by atoms with van der Waals surface area (Å²) in [6, 6.07) is 6.13. The number of carbonyl (C=O) groups excluding carboxylic acids is 1. The highest BCUT2D eigenvalue weighted by Gasteiger charge is 2.18. The first-order chi connectivity index (χ1) is 9.49. The molecule has 0 spiro atoms. The van der Waals surface area contributed by atoms with E-state index in [1.54, 1.807) is 12.1 Å². The van der Waals surface area contributed by atoms with E-state index in [0.717, 1.165) is 13.1 Å². The van der Waals surface area contributed by atoms with Gasteiger partial charge in [-0.15, -0.1) is 0 Å². The minimum atomic E-state index is -3.30. The molecular formula is C14H19NO4S. The van der Waals surface area contributed by atoms with Gasteiger partial charge in [0.2, 0.25) is 0 Å². The quantitative estimate of drug-likeness (QED) is 0.759. The van der Waals surface area contributed by atoms with Gasteiger partial charge in [-0.1, -0.05) is 12.1 Å². The number of ketones is 1. The van der Waals surface area contributed by atoms with Crippen LogP contribution in [0.2, 0.25) is 0 Å². The van der Waals surface area contributed by atoms with Crippen molar-refractivity contribution >= 4 is 15.6 Å². The molecule has 5 nitrogen and oxygen atoms in total. The first-order valence-corrected chi connectivity index (χ1v) is 8.28. The maximum atomic E-state index is 12.2. The third kappa shape index (κ3) is 3.88. The molecule has 0 aliphatic carbocycles. The Bertz CT molecular complexity index is 559. The van der Waals surface area contributed by atoms with Gasteiger partial charge in [0.25, 0.3) is 0 Å². The third-order valence-electron chi connectivity index (χ3n) is 3.40. The van der Waals surface area contributed by atoms with Gasteiger partial charge < -0.3 is 4.74 Å². The number of rotatable bonds is 5. The van der Waals surface area contributed by atoms with Crippen molar-refractivity contribution in [2.45, 2.75) is 11.8 Å². The molecule has 0 aromatic heterocycles. The highest BCUT2D eigenvalue weighted by atomic mass is 32.2. The van der Waals surface area contributed by atoms with E-state index in [2.05, 4.69) is 4.90 Å². The van der Waals surface area contributed by atoms with Gasteiger partial charge in [-0.2, -0.15) is 0 Å². The van der Waals surface area contributed by atoms with Crippen molar-refractivity contribution < 1.29 is 17.9 Å². The lowest BCUT2D eigenvalue weighted by Gasteiger charge is -2.26. The first-order valence-electron chi connectivity index (χ1n) is 6.63. The number of hydrogen-bond donors (Lipinski definition) is 0. The van der Waals surface area contributed by atoms with Gasteiger partial charge >= 0.3 is 0 Å². The molecule has 1 aromatic rings. The molecule has 0 atom stereocenters. The van der Waals surface area contributed by atoms with Gasteiger partial charge in [0, 0.05) is 25.2 Å².